The molecule has 1 heterocycles. The van der Waals surface area contributed by atoms with E-state index in [-0.39, 0.29) is 5.91 Å². The Morgan fingerprint density at radius 1 is 1.17 bits per heavy atom. The summed E-state index contributed by atoms with van der Waals surface area (Å²) in [6.45, 7) is 4.56. The molecule has 1 amide bonds. The Labute approximate surface area is 151 Å². The highest BCUT2D eigenvalue weighted by Crippen LogP contribution is 2.34. The first-order valence-corrected chi connectivity index (χ1v) is 8.89. The Morgan fingerprint density at radius 2 is 1.88 bits per heavy atom. The predicted molar refractivity (Wildman–Crippen MR) is 103 cm³/mol. The maximum absolute atomic E-state index is 12.6. The summed E-state index contributed by atoms with van der Waals surface area (Å²) in [5.41, 5.74) is 2.86. The highest BCUT2D eigenvalue weighted by Gasteiger charge is 2.32. The summed E-state index contributed by atoms with van der Waals surface area (Å²) >= 11 is 7.58. The Bertz CT molecular complexity index is 828. The lowest BCUT2D eigenvalue weighted by Gasteiger charge is -2.12. The van der Waals surface area contributed by atoms with E-state index >= 15 is 0 Å². The summed E-state index contributed by atoms with van der Waals surface area (Å²) in [7, 11) is 0. The van der Waals surface area contributed by atoms with E-state index in [1.54, 1.807) is 4.90 Å². The van der Waals surface area contributed by atoms with Crippen LogP contribution in [0.5, 0.6) is 0 Å². The van der Waals surface area contributed by atoms with Crippen molar-refractivity contribution in [2.45, 2.75) is 13.8 Å². The highest BCUT2D eigenvalue weighted by atomic mass is 35.5. The van der Waals surface area contributed by atoms with Crippen LogP contribution in [0.2, 0.25) is 5.02 Å². The van der Waals surface area contributed by atoms with Gasteiger partial charge in [-0.05, 0) is 55.4 Å². The molecule has 0 spiro atoms. The molecule has 1 saturated heterocycles. The first-order chi connectivity index (χ1) is 11.6. The molecule has 0 bridgehead atoms. The van der Waals surface area contributed by atoms with Crippen molar-refractivity contribution >= 4 is 46.2 Å². The van der Waals surface area contributed by atoms with Crippen molar-refractivity contribution < 1.29 is 4.79 Å². The number of hydrogen-bond donors (Lipinski definition) is 0. The molecule has 1 aliphatic rings. The largest absolute Gasteiger partial charge is 0.287 e. The first-order valence-electron chi connectivity index (χ1n) is 7.70. The summed E-state index contributed by atoms with van der Waals surface area (Å²) < 4.78 is 0. The van der Waals surface area contributed by atoms with Crippen molar-refractivity contribution in [3.05, 3.63) is 69.6 Å². The van der Waals surface area contributed by atoms with Gasteiger partial charge in [-0.2, -0.15) is 0 Å². The SMILES string of the molecule is CCN1C(=O)/C(=C\c2ccccc2Cl)SC1=Nc1ccc(C)cc1. The Morgan fingerprint density at radius 3 is 2.54 bits per heavy atom. The van der Waals surface area contributed by atoms with Crippen molar-refractivity contribution in [3.8, 4) is 0 Å². The van der Waals surface area contributed by atoms with Crippen LogP contribution < -0.4 is 0 Å². The molecular weight excluding hydrogens is 340 g/mol. The molecule has 0 unspecified atom stereocenters. The van der Waals surface area contributed by atoms with E-state index in [0.717, 1.165) is 11.3 Å². The monoisotopic (exact) mass is 356 g/mol. The molecule has 1 aliphatic heterocycles. The molecule has 1 fully saturated rings. The highest BCUT2D eigenvalue weighted by molar-refractivity contribution is 8.18. The average molecular weight is 357 g/mol. The number of benzene rings is 2. The van der Waals surface area contributed by atoms with Gasteiger partial charge in [-0.15, -0.1) is 0 Å². The molecule has 3 nitrogen and oxygen atoms in total. The smallest absolute Gasteiger partial charge is 0.266 e. The number of aryl methyl sites for hydroxylation is 1. The van der Waals surface area contributed by atoms with Gasteiger partial charge in [0.15, 0.2) is 5.17 Å². The molecular formula is C19H17ClN2OS. The van der Waals surface area contributed by atoms with Crippen molar-refractivity contribution in [1.29, 1.82) is 0 Å². The van der Waals surface area contributed by atoms with Gasteiger partial charge in [0, 0.05) is 11.6 Å². The zero-order valence-electron chi connectivity index (χ0n) is 13.5. The minimum atomic E-state index is -0.0340. The fourth-order valence-corrected chi connectivity index (χ4v) is 3.58. The topological polar surface area (TPSA) is 32.7 Å². The van der Waals surface area contributed by atoms with E-state index in [0.29, 0.717) is 21.6 Å². The third-order valence-electron chi connectivity index (χ3n) is 3.65. The number of rotatable bonds is 3. The Hall–Kier alpha value is -2.04. The van der Waals surface area contributed by atoms with Crippen LogP contribution in [0, 0.1) is 6.92 Å². The molecule has 24 heavy (non-hydrogen) atoms. The molecule has 0 radical (unpaired) electrons. The lowest BCUT2D eigenvalue weighted by atomic mass is 10.2. The van der Waals surface area contributed by atoms with E-state index in [9.17, 15) is 4.79 Å². The lowest BCUT2D eigenvalue weighted by molar-refractivity contribution is -0.122. The zero-order chi connectivity index (χ0) is 17.1. The summed E-state index contributed by atoms with van der Waals surface area (Å²) in [6, 6.07) is 15.4. The first kappa shape index (κ1) is 16.8. The van der Waals surface area contributed by atoms with E-state index in [1.807, 2.05) is 68.5 Å². The number of amides is 1. The summed E-state index contributed by atoms with van der Waals surface area (Å²) in [6.07, 6.45) is 1.83. The third-order valence-corrected chi connectivity index (χ3v) is 5.01. The predicted octanol–water partition coefficient (Wildman–Crippen LogP) is 5.27. The molecule has 0 aromatic heterocycles. The number of thioether (sulfide) groups is 1. The third kappa shape index (κ3) is 3.55. The summed E-state index contributed by atoms with van der Waals surface area (Å²) in [5.74, 6) is -0.0340. The second kappa shape index (κ2) is 7.24. The number of amidine groups is 1. The zero-order valence-corrected chi connectivity index (χ0v) is 15.1. The van der Waals surface area contributed by atoms with Crippen LogP contribution in [0.4, 0.5) is 5.69 Å². The Kier molecular flexibility index (Phi) is 5.07. The number of halogens is 1. The van der Waals surface area contributed by atoms with Crippen LogP contribution >= 0.6 is 23.4 Å². The standard InChI is InChI=1S/C19H17ClN2OS/c1-3-22-18(23)17(12-14-6-4-5-7-16(14)20)24-19(22)21-15-10-8-13(2)9-11-15/h4-12H,3H2,1-2H3/b17-12+,21-19?. The molecule has 0 atom stereocenters. The van der Waals surface area contributed by atoms with Crippen LogP contribution in [0.1, 0.15) is 18.1 Å². The fourth-order valence-electron chi connectivity index (χ4n) is 2.33. The molecule has 0 saturated carbocycles. The van der Waals surface area contributed by atoms with Crippen LogP contribution in [0.25, 0.3) is 6.08 Å². The van der Waals surface area contributed by atoms with Gasteiger partial charge in [0.2, 0.25) is 0 Å². The number of hydrogen-bond acceptors (Lipinski definition) is 3. The van der Waals surface area contributed by atoms with Gasteiger partial charge in [0.1, 0.15) is 0 Å². The van der Waals surface area contributed by atoms with Gasteiger partial charge in [-0.25, -0.2) is 4.99 Å². The fraction of sp³-hybridized carbons (Fsp3) is 0.158. The average Bonchev–Trinajstić information content (AvgIpc) is 2.87. The molecule has 122 valence electrons. The van der Waals surface area contributed by atoms with Crippen LogP contribution in [0.15, 0.2) is 58.4 Å². The quantitative estimate of drug-likeness (QED) is 0.701. The molecule has 2 aromatic carbocycles. The number of carbonyl (C=O) groups excluding carboxylic acids is 1. The van der Waals surface area contributed by atoms with Gasteiger partial charge < -0.3 is 0 Å². The van der Waals surface area contributed by atoms with Crippen molar-refractivity contribution in [2.75, 3.05) is 6.54 Å². The number of likely N-dealkylation sites (N-methyl/N-ethyl adjacent to an activating group) is 1. The maximum atomic E-state index is 12.6. The lowest BCUT2D eigenvalue weighted by Crippen LogP contribution is -2.28. The van der Waals surface area contributed by atoms with Gasteiger partial charge in [-0.3, -0.25) is 9.69 Å². The summed E-state index contributed by atoms with van der Waals surface area (Å²) in [4.78, 5) is 19.6. The van der Waals surface area contributed by atoms with Crippen LogP contribution in [0.3, 0.4) is 0 Å². The normalized spacial score (nSPS) is 18.0. The van der Waals surface area contributed by atoms with E-state index in [1.165, 1.54) is 17.3 Å². The number of nitrogens with zero attached hydrogens (tertiary/aromatic N) is 2. The van der Waals surface area contributed by atoms with E-state index in [2.05, 4.69) is 4.99 Å². The second-order valence-corrected chi connectivity index (χ2v) is 6.83. The summed E-state index contributed by atoms with van der Waals surface area (Å²) in [5, 5.41) is 1.33. The van der Waals surface area contributed by atoms with Gasteiger partial charge in [0.25, 0.3) is 5.91 Å². The van der Waals surface area contributed by atoms with Crippen molar-refractivity contribution in [1.82, 2.24) is 4.90 Å². The van der Waals surface area contributed by atoms with Crippen molar-refractivity contribution in [3.63, 3.8) is 0 Å². The van der Waals surface area contributed by atoms with Gasteiger partial charge in [-0.1, -0.05) is 47.5 Å². The van der Waals surface area contributed by atoms with E-state index in [4.69, 9.17) is 11.6 Å². The van der Waals surface area contributed by atoms with E-state index < -0.39 is 0 Å². The number of carbonyl (C=O) groups is 1. The maximum Gasteiger partial charge on any atom is 0.266 e. The van der Waals surface area contributed by atoms with Gasteiger partial charge >= 0.3 is 0 Å². The Balaban J connectivity index is 1.94. The van der Waals surface area contributed by atoms with Crippen LogP contribution in [-0.4, -0.2) is 22.5 Å². The molecule has 3 rings (SSSR count). The van der Waals surface area contributed by atoms with Crippen molar-refractivity contribution in [2.24, 2.45) is 4.99 Å². The van der Waals surface area contributed by atoms with Gasteiger partial charge in [0.05, 0.1) is 10.6 Å². The molecule has 5 heteroatoms. The second-order valence-electron chi connectivity index (χ2n) is 5.41. The van der Waals surface area contributed by atoms with Crippen LogP contribution in [-0.2, 0) is 4.79 Å². The molecule has 2 aromatic rings. The molecule has 0 aliphatic carbocycles. The minimum absolute atomic E-state index is 0.0340. The minimum Gasteiger partial charge on any atom is -0.287 e. The number of aliphatic imine (C=N–C) groups is 1. The molecule has 0 N–H and O–H groups in total.